The van der Waals surface area contributed by atoms with Gasteiger partial charge in [-0.2, -0.15) is 5.26 Å². The molecule has 1 aliphatic rings. The number of carbonyl (C=O) groups is 1. The van der Waals surface area contributed by atoms with Crippen molar-refractivity contribution in [2.24, 2.45) is 0 Å². The average Bonchev–Trinajstić information content (AvgIpc) is 3.24. The summed E-state index contributed by atoms with van der Waals surface area (Å²) < 4.78 is 21.5. The summed E-state index contributed by atoms with van der Waals surface area (Å²) in [6.07, 6.45) is 3.17. The molecule has 0 unspecified atom stereocenters. The molecule has 0 radical (unpaired) electrons. The van der Waals surface area contributed by atoms with Gasteiger partial charge in [0.1, 0.15) is 17.0 Å². The molecular weight excluding hydrogens is 499 g/mol. The summed E-state index contributed by atoms with van der Waals surface area (Å²) in [5.74, 6) is -0.205. The Morgan fingerprint density at radius 2 is 1.94 bits per heavy atom. The van der Waals surface area contributed by atoms with Crippen LogP contribution in [0.4, 0.5) is 4.39 Å². The van der Waals surface area contributed by atoms with Gasteiger partial charge in [-0.05, 0) is 49.2 Å². The molecule has 1 N–H and O–H groups in total. The minimum Gasteiger partial charge on any atom is -0.424 e. The fraction of sp³-hybridized carbons (Fsp3) is 0.200. The first-order valence-corrected chi connectivity index (χ1v) is 12.8. The zero-order valence-corrected chi connectivity index (χ0v) is 20.3. The number of nitriles is 1. The van der Waals surface area contributed by atoms with Gasteiger partial charge >= 0.3 is 0 Å². The van der Waals surface area contributed by atoms with E-state index in [9.17, 15) is 4.79 Å². The number of nitrogens with one attached hydrogen (secondary N) is 1. The molecule has 0 atom stereocenters. The lowest BCUT2D eigenvalue weighted by Crippen LogP contribution is -2.36. The maximum Gasteiger partial charge on any atom is 0.230 e. The zero-order chi connectivity index (χ0) is 24.7. The number of thiazole rings is 1. The molecule has 1 aliphatic carbocycles. The van der Waals surface area contributed by atoms with Crippen molar-refractivity contribution in [3.63, 3.8) is 0 Å². The van der Waals surface area contributed by atoms with Gasteiger partial charge in [0.2, 0.25) is 17.7 Å². The van der Waals surface area contributed by atoms with Crippen molar-refractivity contribution in [3.8, 4) is 27.1 Å². The number of aromatic nitrogens is 4. The molecule has 0 spiro atoms. The zero-order valence-electron chi connectivity index (χ0n) is 18.7. The van der Waals surface area contributed by atoms with E-state index in [0.29, 0.717) is 33.6 Å². The Labute approximate surface area is 212 Å². The molecule has 36 heavy (non-hydrogen) atoms. The number of carbonyl (C=O) groups excluding carboxylic acids is 1. The van der Waals surface area contributed by atoms with E-state index in [1.54, 1.807) is 18.3 Å². The van der Waals surface area contributed by atoms with E-state index in [-0.39, 0.29) is 36.3 Å². The second kappa shape index (κ2) is 8.89. The summed E-state index contributed by atoms with van der Waals surface area (Å²) >= 11 is 2.72. The van der Waals surface area contributed by atoms with Crippen LogP contribution in [0, 0.1) is 17.1 Å². The van der Waals surface area contributed by atoms with Crippen LogP contribution in [0.1, 0.15) is 29.6 Å². The molecule has 178 valence electrons. The Hall–Kier alpha value is -4.01. The second-order valence-electron chi connectivity index (χ2n) is 8.45. The van der Waals surface area contributed by atoms with E-state index in [4.69, 9.17) is 9.68 Å². The van der Waals surface area contributed by atoms with Crippen LogP contribution in [0.15, 0.2) is 53.1 Å². The van der Waals surface area contributed by atoms with Crippen molar-refractivity contribution >= 4 is 38.8 Å². The quantitative estimate of drug-likeness (QED) is 0.326. The Kier molecular flexibility index (Phi) is 5.55. The lowest BCUT2D eigenvalue weighted by Gasteiger charge is -2.06. The fourth-order valence-electron chi connectivity index (χ4n) is 3.80. The monoisotopic (exact) mass is 516 g/mol. The Morgan fingerprint density at radius 1 is 1.11 bits per heavy atom. The predicted molar refractivity (Wildman–Crippen MR) is 133 cm³/mol. The number of hydrogen-bond acceptors (Lipinski definition) is 9. The normalized spacial score (nSPS) is 14.0. The summed E-state index contributed by atoms with van der Waals surface area (Å²) in [6.45, 7) is 0. The summed E-state index contributed by atoms with van der Waals surface area (Å²) in [5, 5.41) is 20.3. The number of thiophene rings is 1. The van der Waals surface area contributed by atoms with Gasteiger partial charge in [-0.15, -0.1) is 32.9 Å². The minimum atomic E-state index is -0.743. The third-order valence-corrected chi connectivity index (χ3v) is 8.00. The smallest absolute Gasteiger partial charge is 0.230 e. The van der Waals surface area contributed by atoms with Crippen molar-refractivity contribution in [3.05, 3.63) is 71.3 Å². The van der Waals surface area contributed by atoms with Crippen LogP contribution in [0.3, 0.4) is 0 Å². The topological polar surface area (TPSA) is 118 Å². The molecule has 4 heterocycles. The van der Waals surface area contributed by atoms with Gasteiger partial charge in [-0.25, -0.2) is 9.37 Å². The maximum absolute atomic E-state index is 15.5. The Morgan fingerprint density at radius 3 is 2.72 bits per heavy atom. The first-order chi connectivity index (χ1) is 17.5. The van der Waals surface area contributed by atoms with Gasteiger partial charge in [0, 0.05) is 16.6 Å². The minimum absolute atomic E-state index is 0.102. The van der Waals surface area contributed by atoms with Gasteiger partial charge in [-0.3, -0.25) is 9.78 Å². The van der Waals surface area contributed by atoms with E-state index >= 15 is 4.39 Å². The van der Waals surface area contributed by atoms with Crippen LogP contribution in [0.2, 0.25) is 0 Å². The second-order valence-corrected chi connectivity index (χ2v) is 10.6. The Balaban J connectivity index is 1.19. The molecule has 1 amide bonds. The molecule has 0 aliphatic heterocycles. The Bertz CT molecular complexity index is 1630. The lowest BCUT2D eigenvalue weighted by atomic mass is 10.1. The number of halogens is 1. The number of hydrogen-bond donors (Lipinski definition) is 1. The molecule has 4 aromatic heterocycles. The van der Waals surface area contributed by atoms with E-state index in [0.717, 1.165) is 15.4 Å². The number of pyridine rings is 1. The van der Waals surface area contributed by atoms with E-state index < -0.39 is 5.54 Å². The number of benzene rings is 1. The number of amides is 1. The molecule has 1 fully saturated rings. The van der Waals surface area contributed by atoms with Crippen LogP contribution >= 0.6 is 22.7 Å². The average molecular weight is 517 g/mol. The summed E-state index contributed by atoms with van der Waals surface area (Å²) in [5.41, 5.74) is 1.18. The van der Waals surface area contributed by atoms with Gasteiger partial charge in [0.25, 0.3) is 0 Å². The third-order valence-electron chi connectivity index (χ3n) is 5.80. The maximum atomic E-state index is 15.5. The van der Waals surface area contributed by atoms with Gasteiger partial charge < -0.3 is 9.73 Å². The van der Waals surface area contributed by atoms with Gasteiger partial charge in [0.05, 0.1) is 33.3 Å². The standard InChI is InChI=1S/C25H17FN6O2S2/c26-23-14(17-6-7-18(35-17)15-3-1-2-10-28-15)4-5-16-24(23)36-22(29-16)12-21-32-31-20(34-21)11-19(33)30-25(13-27)8-9-25/h1-7,10H,8-9,11-12H2,(H,30,33). The van der Waals surface area contributed by atoms with Crippen LogP contribution < -0.4 is 5.32 Å². The van der Waals surface area contributed by atoms with Crippen LogP contribution in [0.5, 0.6) is 0 Å². The van der Waals surface area contributed by atoms with Gasteiger partial charge in [0.15, 0.2) is 5.82 Å². The largest absolute Gasteiger partial charge is 0.424 e. The molecule has 8 nitrogen and oxygen atoms in total. The highest BCUT2D eigenvalue weighted by molar-refractivity contribution is 7.19. The highest BCUT2D eigenvalue weighted by atomic mass is 32.1. The van der Waals surface area contributed by atoms with E-state index in [1.165, 1.54) is 22.7 Å². The highest BCUT2D eigenvalue weighted by Crippen LogP contribution is 2.38. The van der Waals surface area contributed by atoms with E-state index in [1.807, 2.05) is 30.3 Å². The molecule has 1 aromatic carbocycles. The first kappa shape index (κ1) is 22.5. The number of rotatable bonds is 7. The molecule has 1 saturated carbocycles. The summed E-state index contributed by atoms with van der Waals surface area (Å²) in [6, 6.07) is 15.2. The van der Waals surface area contributed by atoms with Crippen LogP contribution in [-0.4, -0.2) is 31.6 Å². The fourth-order valence-corrected chi connectivity index (χ4v) is 5.79. The molecular formula is C25H17FN6O2S2. The first-order valence-electron chi connectivity index (χ1n) is 11.1. The van der Waals surface area contributed by atoms with Crippen molar-refractivity contribution < 1.29 is 13.6 Å². The molecule has 6 rings (SSSR count). The third kappa shape index (κ3) is 4.36. The predicted octanol–water partition coefficient (Wildman–Crippen LogP) is 4.91. The van der Waals surface area contributed by atoms with Crippen LogP contribution in [0.25, 0.3) is 31.2 Å². The van der Waals surface area contributed by atoms with Gasteiger partial charge in [-0.1, -0.05) is 6.07 Å². The molecule has 0 bridgehead atoms. The molecule has 0 saturated heterocycles. The highest BCUT2D eigenvalue weighted by Gasteiger charge is 2.44. The van der Waals surface area contributed by atoms with Crippen LogP contribution in [-0.2, 0) is 17.6 Å². The van der Waals surface area contributed by atoms with Crippen molar-refractivity contribution in [2.45, 2.75) is 31.2 Å². The lowest BCUT2D eigenvalue weighted by molar-refractivity contribution is -0.121. The van der Waals surface area contributed by atoms with E-state index in [2.05, 4.69) is 31.6 Å². The molecule has 11 heteroatoms. The van der Waals surface area contributed by atoms with Crippen molar-refractivity contribution in [1.82, 2.24) is 25.5 Å². The number of fused-ring (bicyclic) bond motifs is 1. The van der Waals surface area contributed by atoms with Crippen molar-refractivity contribution in [2.75, 3.05) is 0 Å². The molecule has 5 aromatic rings. The summed E-state index contributed by atoms with van der Waals surface area (Å²) in [4.78, 5) is 22.8. The number of nitrogens with zero attached hydrogens (tertiary/aromatic N) is 5. The van der Waals surface area contributed by atoms with Crippen molar-refractivity contribution in [1.29, 1.82) is 5.26 Å². The SMILES string of the molecule is N#CC1(NC(=O)Cc2nnc(Cc3nc4ccc(-c5ccc(-c6ccccn6)s5)c(F)c4s3)o2)CC1. The summed E-state index contributed by atoms with van der Waals surface area (Å²) in [7, 11) is 0.